The first kappa shape index (κ1) is 21.2. The molecule has 0 bridgehead atoms. The minimum atomic E-state index is -4.49. The van der Waals surface area contributed by atoms with Gasteiger partial charge >= 0.3 is 6.18 Å². The van der Waals surface area contributed by atoms with Gasteiger partial charge in [0, 0.05) is 32.4 Å². The Kier molecular flexibility index (Phi) is 6.21. The molecule has 0 aliphatic carbocycles. The smallest absolute Gasteiger partial charge is 0.417 e. The van der Waals surface area contributed by atoms with Gasteiger partial charge in [0.1, 0.15) is 11.6 Å². The molecule has 0 radical (unpaired) electrons. The van der Waals surface area contributed by atoms with E-state index in [0.29, 0.717) is 37.7 Å². The van der Waals surface area contributed by atoms with Crippen LogP contribution in [-0.4, -0.2) is 48.6 Å². The number of carbonyl (C=O) groups excluding carboxylic acids is 1. The van der Waals surface area contributed by atoms with Gasteiger partial charge in [0.2, 0.25) is 0 Å². The molecule has 1 aromatic carbocycles. The topological polar surface area (TPSA) is 45.7 Å². The summed E-state index contributed by atoms with van der Waals surface area (Å²) in [6, 6.07) is 6.68. The highest BCUT2D eigenvalue weighted by Crippen LogP contribution is 2.33. The molecular weight excluding hydrogens is 407 g/mol. The normalized spacial score (nSPS) is 14.8. The molecular formula is C20H21ClF3N3O2. The number of hydrogen-bond donors (Lipinski definition) is 0. The number of halogens is 4. The van der Waals surface area contributed by atoms with Crippen LogP contribution in [0.2, 0.25) is 5.02 Å². The van der Waals surface area contributed by atoms with Crippen molar-refractivity contribution in [1.82, 2.24) is 9.88 Å². The van der Waals surface area contributed by atoms with Crippen molar-refractivity contribution in [2.75, 3.05) is 37.7 Å². The van der Waals surface area contributed by atoms with Gasteiger partial charge in [-0.3, -0.25) is 4.79 Å². The monoisotopic (exact) mass is 427 g/mol. The number of piperazine rings is 1. The number of hydrogen-bond acceptors (Lipinski definition) is 4. The van der Waals surface area contributed by atoms with E-state index in [4.69, 9.17) is 16.3 Å². The van der Waals surface area contributed by atoms with E-state index in [2.05, 4.69) is 4.98 Å². The zero-order valence-electron chi connectivity index (χ0n) is 16.1. The molecule has 2 heterocycles. The number of anilines is 1. The van der Waals surface area contributed by atoms with Gasteiger partial charge in [0.05, 0.1) is 10.6 Å². The standard InChI is InChI=1S/C20H21ClF3N3O2/c1-13-3-4-14(2)17(9-13)29-12-18(28)26-5-7-27(8-6-26)19-16(21)10-15(11-25-19)20(22,23)24/h3-4,9-11H,5-8,12H2,1-2H3. The van der Waals surface area contributed by atoms with Crippen molar-refractivity contribution in [3.8, 4) is 5.75 Å². The van der Waals surface area contributed by atoms with Crippen LogP contribution in [0.25, 0.3) is 0 Å². The van der Waals surface area contributed by atoms with Crippen LogP contribution in [0.5, 0.6) is 5.75 Å². The van der Waals surface area contributed by atoms with Crippen molar-refractivity contribution in [3.63, 3.8) is 0 Å². The summed E-state index contributed by atoms with van der Waals surface area (Å²) in [5.41, 5.74) is 1.12. The number of rotatable bonds is 4. The third kappa shape index (κ3) is 5.12. The van der Waals surface area contributed by atoms with Crippen LogP contribution in [0.1, 0.15) is 16.7 Å². The van der Waals surface area contributed by atoms with E-state index >= 15 is 0 Å². The van der Waals surface area contributed by atoms with E-state index in [0.717, 1.165) is 23.4 Å². The fourth-order valence-electron chi connectivity index (χ4n) is 3.08. The molecule has 0 saturated carbocycles. The number of pyridine rings is 1. The van der Waals surface area contributed by atoms with E-state index in [9.17, 15) is 18.0 Å². The zero-order valence-corrected chi connectivity index (χ0v) is 16.8. The van der Waals surface area contributed by atoms with Gasteiger partial charge in [-0.2, -0.15) is 13.2 Å². The van der Waals surface area contributed by atoms with Crippen molar-refractivity contribution in [3.05, 3.63) is 52.2 Å². The Morgan fingerprint density at radius 1 is 1.17 bits per heavy atom. The van der Waals surface area contributed by atoms with Crippen LogP contribution >= 0.6 is 11.6 Å². The number of amides is 1. The number of nitrogens with zero attached hydrogens (tertiary/aromatic N) is 3. The van der Waals surface area contributed by atoms with Crippen LogP contribution < -0.4 is 9.64 Å². The summed E-state index contributed by atoms with van der Waals surface area (Å²) < 4.78 is 43.9. The van der Waals surface area contributed by atoms with E-state index in [1.807, 2.05) is 32.0 Å². The lowest BCUT2D eigenvalue weighted by Crippen LogP contribution is -2.50. The van der Waals surface area contributed by atoms with Crippen molar-refractivity contribution in [2.24, 2.45) is 0 Å². The average molecular weight is 428 g/mol. The van der Waals surface area contributed by atoms with Crippen LogP contribution in [0, 0.1) is 13.8 Å². The van der Waals surface area contributed by atoms with Crippen molar-refractivity contribution in [1.29, 1.82) is 0 Å². The summed E-state index contributed by atoms with van der Waals surface area (Å²) in [5, 5.41) is -0.0575. The van der Waals surface area contributed by atoms with Crippen LogP contribution in [0.15, 0.2) is 30.5 Å². The lowest BCUT2D eigenvalue weighted by molar-refractivity contribution is -0.138. The number of aromatic nitrogens is 1. The second-order valence-electron chi connectivity index (χ2n) is 6.95. The molecule has 9 heteroatoms. The Morgan fingerprint density at radius 2 is 1.86 bits per heavy atom. The van der Waals surface area contributed by atoms with Crippen LogP contribution in [0.4, 0.5) is 19.0 Å². The van der Waals surface area contributed by atoms with Gasteiger partial charge in [-0.25, -0.2) is 4.98 Å². The summed E-state index contributed by atoms with van der Waals surface area (Å²) in [7, 11) is 0. The largest absolute Gasteiger partial charge is 0.483 e. The lowest BCUT2D eigenvalue weighted by atomic mass is 10.1. The number of alkyl halides is 3. The predicted octanol–water partition coefficient (Wildman–Crippen LogP) is 4.10. The summed E-state index contributed by atoms with van der Waals surface area (Å²) in [6.07, 6.45) is -3.72. The average Bonchev–Trinajstić information content (AvgIpc) is 2.68. The molecule has 1 saturated heterocycles. The number of aryl methyl sites for hydroxylation is 2. The first-order chi connectivity index (χ1) is 13.6. The Bertz CT molecular complexity index is 897. The van der Waals surface area contributed by atoms with Gasteiger partial charge in [-0.1, -0.05) is 23.7 Å². The first-order valence-electron chi connectivity index (χ1n) is 9.10. The van der Waals surface area contributed by atoms with Gasteiger partial charge in [0.25, 0.3) is 5.91 Å². The number of carbonyl (C=O) groups is 1. The molecule has 1 amide bonds. The highest BCUT2D eigenvalue weighted by molar-refractivity contribution is 6.33. The maximum absolute atomic E-state index is 12.8. The van der Waals surface area contributed by atoms with Gasteiger partial charge in [-0.05, 0) is 37.1 Å². The summed E-state index contributed by atoms with van der Waals surface area (Å²) in [4.78, 5) is 19.8. The Labute approximate surface area is 172 Å². The zero-order chi connectivity index (χ0) is 21.2. The molecule has 3 rings (SSSR count). The third-order valence-corrected chi connectivity index (χ3v) is 5.05. The number of benzene rings is 1. The fraction of sp³-hybridized carbons (Fsp3) is 0.400. The molecule has 156 valence electrons. The van der Waals surface area contributed by atoms with Crippen LogP contribution in [-0.2, 0) is 11.0 Å². The quantitative estimate of drug-likeness (QED) is 0.737. The molecule has 1 aliphatic rings. The second kappa shape index (κ2) is 8.49. The lowest BCUT2D eigenvalue weighted by Gasteiger charge is -2.35. The molecule has 0 unspecified atom stereocenters. The summed E-state index contributed by atoms with van der Waals surface area (Å²) in [6.45, 7) is 5.47. The van der Waals surface area contributed by atoms with Crippen LogP contribution in [0.3, 0.4) is 0 Å². The van der Waals surface area contributed by atoms with Crippen molar-refractivity contribution < 1.29 is 22.7 Å². The Balaban J connectivity index is 1.56. The molecule has 0 spiro atoms. The molecule has 1 fully saturated rings. The molecule has 0 atom stereocenters. The fourth-order valence-corrected chi connectivity index (χ4v) is 3.37. The third-order valence-electron chi connectivity index (χ3n) is 4.78. The van der Waals surface area contributed by atoms with E-state index in [1.54, 1.807) is 9.80 Å². The minimum absolute atomic E-state index is 0.0575. The number of ether oxygens (including phenoxy) is 1. The molecule has 29 heavy (non-hydrogen) atoms. The molecule has 1 aliphatic heterocycles. The second-order valence-corrected chi connectivity index (χ2v) is 7.36. The minimum Gasteiger partial charge on any atom is -0.483 e. The maximum atomic E-state index is 12.8. The molecule has 1 aromatic heterocycles. The summed E-state index contributed by atoms with van der Waals surface area (Å²) >= 11 is 6.01. The van der Waals surface area contributed by atoms with Crippen molar-refractivity contribution in [2.45, 2.75) is 20.0 Å². The van der Waals surface area contributed by atoms with E-state index < -0.39 is 11.7 Å². The molecule has 0 N–H and O–H groups in total. The van der Waals surface area contributed by atoms with E-state index in [-0.39, 0.29) is 17.5 Å². The molecule has 5 nitrogen and oxygen atoms in total. The first-order valence-corrected chi connectivity index (χ1v) is 9.48. The summed E-state index contributed by atoms with van der Waals surface area (Å²) in [5.74, 6) is 0.827. The SMILES string of the molecule is Cc1ccc(C)c(OCC(=O)N2CCN(c3ncc(C(F)(F)F)cc3Cl)CC2)c1. The van der Waals surface area contributed by atoms with Gasteiger partial charge in [0.15, 0.2) is 6.61 Å². The van der Waals surface area contributed by atoms with Gasteiger partial charge in [-0.15, -0.1) is 0 Å². The highest BCUT2D eigenvalue weighted by Gasteiger charge is 2.32. The Hall–Kier alpha value is -2.48. The van der Waals surface area contributed by atoms with Gasteiger partial charge < -0.3 is 14.5 Å². The van der Waals surface area contributed by atoms with E-state index in [1.165, 1.54) is 0 Å². The highest BCUT2D eigenvalue weighted by atomic mass is 35.5. The van der Waals surface area contributed by atoms with Crippen molar-refractivity contribution >= 4 is 23.3 Å². The Morgan fingerprint density at radius 3 is 2.48 bits per heavy atom. The molecule has 2 aromatic rings. The predicted molar refractivity (Wildman–Crippen MR) is 104 cm³/mol. The maximum Gasteiger partial charge on any atom is 0.417 e.